The Morgan fingerprint density at radius 3 is 2.48 bits per heavy atom. The molecule has 0 saturated heterocycles. The minimum atomic E-state index is -0.839. The molecule has 0 radical (unpaired) electrons. The van der Waals surface area contributed by atoms with Crippen molar-refractivity contribution in [3.8, 4) is 11.3 Å². The third-order valence-corrected chi connectivity index (χ3v) is 7.20. The summed E-state index contributed by atoms with van der Waals surface area (Å²) in [6, 6.07) is 6.24. The highest BCUT2D eigenvalue weighted by Crippen LogP contribution is 2.52. The predicted molar refractivity (Wildman–Crippen MR) is 106 cm³/mol. The summed E-state index contributed by atoms with van der Waals surface area (Å²) in [5.41, 5.74) is 4.35. The zero-order valence-electron chi connectivity index (χ0n) is 15.8. The van der Waals surface area contributed by atoms with Gasteiger partial charge in [0, 0.05) is 10.4 Å². The first-order chi connectivity index (χ1) is 12.8. The van der Waals surface area contributed by atoms with E-state index in [0.29, 0.717) is 5.13 Å². The van der Waals surface area contributed by atoms with Gasteiger partial charge in [0.1, 0.15) is 0 Å². The summed E-state index contributed by atoms with van der Waals surface area (Å²) in [5, 5.41) is 13.0. The molecule has 2 N–H and O–H groups in total. The highest BCUT2D eigenvalue weighted by atomic mass is 32.1. The average Bonchev–Trinajstić information content (AvgIpc) is 3.31. The number of thiazole rings is 1. The van der Waals surface area contributed by atoms with Crippen LogP contribution in [-0.4, -0.2) is 22.0 Å². The molecule has 1 heterocycles. The van der Waals surface area contributed by atoms with Crippen LogP contribution in [0.1, 0.15) is 35.3 Å². The summed E-state index contributed by atoms with van der Waals surface area (Å²) < 4.78 is 0. The second-order valence-electron chi connectivity index (χ2n) is 7.94. The van der Waals surface area contributed by atoms with Crippen LogP contribution in [0.3, 0.4) is 0 Å². The Labute approximate surface area is 162 Å². The van der Waals surface area contributed by atoms with Gasteiger partial charge in [-0.2, -0.15) is 0 Å². The molecule has 2 saturated carbocycles. The summed E-state index contributed by atoms with van der Waals surface area (Å²) in [4.78, 5) is 30.2. The van der Waals surface area contributed by atoms with Crippen LogP contribution in [0, 0.1) is 44.4 Å². The minimum absolute atomic E-state index is 0.146. The molecule has 2 fully saturated rings. The Morgan fingerprint density at radius 2 is 1.81 bits per heavy atom. The van der Waals surface area contributed by atoms with Crippen molar-refractivity contribution in [1.82, 2.24) is 4.98 Å². The lowest BCUT2D eigenvalue weighted by molar-refractivity contribution is -0.148. The van der Waals surface area contributed by atoms with Crippen molar-refractivity contribution in [1.29, 1.82) is 0 Å². The maximum absolute atomic E-state index is 12.9. The van der Waals surface area contributed by atoms with Gasteiger partial charge in [-0.1, -0.05) is 12.1 Å². The van der Waals surface area contributed by atoms with Crippen molar-refractivity contribution in [2.75, 3.05) is 5.32 Å². The van der Waals surface area contributed by atoms with E-state index in [1.165, 1.54) is 22.5 Å². The molecule has 2 aliphatic carbocycles. The summed E-state index contributed by atoms with van der Waals surface area (Å²) in [7, 11) is 0. The number of anilines is 1. The normalized spacial score (nSPS) is 26.3. The molecular formula is C21H24N2O3S. The van der Waals surface area contributed by atoms with Gasteiger partial charge in [-0.3, -0.25) is 9.59 Å². The van der Waals surface area contributed by atoms with Crippen molar-refractivity contribution < 1.29 is 14.7 Å². The van der Waals surface area contributed by atoms with Crippen molar-refractivity contribution >= 4 is 28.3 Å². The van der Waals surface area contributed by atoms with Crippen LogP contribution in [0.25, 0.3) is 11.3 Å². The lowest BCUT2D eigenvalue weighted by Crippen LogP contribution is -2.37. The van der Waals surface area contributed by atoms with Gasteiger partial charge in [0.15, 0.2) is 5.13 Å². The van der Waals surface area contributed by atoms with Gasteiger partial charge in [-0.15, -0.1) is 11.3 Å². The third-order valence-electron chi connectivity index (χ3n) is 6.31. The minimum Gasteiger partial charge on any atom is -0.481 e. The standard InChI is InChI=1S/C21H24N2O3S/c1-10-4-5-15(8-11(10)2)18-12(3)27-21(22-18)23-19(24)16-13-6-7-14(9-13)17(16)20(25)26/h4-5,8,13-14,16-17H,6-7,9H2,1-3H3,(H,25,26)(H,22,23,24)/t13-,14+,16-,17+/m1/s1. The molecule has 2 aliphatic rings. The number of nitrogens with zero attached hydrogens (tertiary/aromatic N) is 1. The topological polar surface area (TPSA) is 79.3 Å². The molecule has 27 heavy (non-hydrogen) atoms. The first kappa shape index (κ1) is 18.2. The van der Waals surface area contributed by atoms with Crippen molar-refractivity contribution in [3.05, 3.63) is 34.2 Å². The van der Waals surface area contributed by atoms with Gasteiger partial charge in [-0.05, 0) is 69.1 Å². The number of hydrogen-bond donors (Lipinski definition) is 2. The number of carbonyl (C=O) groups excluding carboxylic acids is 1. The molecule has 2 bridgehead atoms. The fraction of sp³-hybridized carbons (Fsp3) is 0.476. The van der Waals surface area contributed by atoms with Gasteiger partial charge in [-0.25, -0.2) is 4.98 Å². The summed E-state index contributed by atoms with van der Waals surface area (Å²) >= 11 is 1.45. The predicted octanol–water partition coefficient (Wildman–Crippen LogP) is 4.42. The molecule has 5 nitrogen and oxygen atoms in total. The Morgan fingerprint density at radius 1 is 1.11 bits per heavy atom. The Hall–Kier alpha value is -2.21. The number of aromatic nitrogens is 1. The molecule has 0 aliphatic heterocycles. The van der Waals surface area contributed by atoms with Crippen LogP contribution in [0.15, 0.2) is 18.2 Å². The zero-order valence-corrected chi connectivity index (χ0v) is 16.6. The van der Waals surface area contributed by atoms with Crippen LogP contribution in [0.2, 0.25) is 0 Å². The number of amides is 1. The number of aryl methyl sites for hydroxylation is 3. The lowest BCUT2D eigenvalue weighted by Gasteiger charge is -2.26. The molecule has 0 unspecified atom stereocenters. The van der Waals surface area contributed by atoms with E-state index in [9.17, 15) is 14.7 Å². The van der Waals surface area contributed by atoms with Crippen LogP contribution in [0.4, 0.5) is 5.13 Å². The fourth-order valence-corrected chi connectivity index (χ4v) is 5.66. The molecule has 4 rings (SSSR count). The molecule has 6 heteroatoms. The molecule has 0 spiro atoms. The maximum atomic E-state index is 12.9. The average molecular weight is 385 g/mol. The van der Waals surface area contributed by atoms with Gasteiger partial charge >= 0.3 is 5.97 Å². The number of carbonyl (C=O) groups is 2. The Balaban J connectivity index is 1.56. The molecule has 4 atom stereocenters. The quantitative estimate of drug-likeness (QED) is 0.818. The molecular weight excluding hydrogens is 360 g/mol. The monoisotopic (exact) mass is 384 g/mol. The van der Waals surface area contributed by atoms with E-state index in [1.807, 2.05) is 13.0 Å². The van der Waals surface area contributed by atoms with E-state index in [-0.39, 0.29) is 17.7 Å². The molecule has 1 amide bonds. The molecule has 1 aromatic heterocycles. The molecule has 2 aromatic rings. The largest absolute Gasteiger partial charge is 0.481 e. The maximum Gasteiger partial charge on any atom is 0.307 e. The van der Waals surface area contributed by atoms with E-state index in [2.05, 4.69) is 36.3 Å². The van der Waals surface area contributed by atoms with Gasteiger partial charge < -0.3 is 10.4 Å². The highest BCUT2D eigenvalue weighted by Gasteiger charge is 2.54. The van der Waals surface area contributed by atoms with E-state index in [0.717, 1.165) is 35.4 Å². The van der Waals surface area contributed by atoms with Gasteiger partial charge in [0.05, 0.1) is 17.5 Å². The number of carboxylic acid groups (broad SMARTS) is 1. The van der Waals surface area contributed by atoms with Crippen LogP contribution >= 0.6 is 11.3 Å². The van der Waals surface area contributed by atoms with Crippen molar-refractivity contribution in [3.63, 3.8) is 0 Å². The number of rotatable bonds is 4. The smallest absolute Gasteiger partial charge is 0.307 e. The second-order valence-corrected chi connectivity index (χ2v) is 9.14. The number of fused-ring (bicyclic) bond motifs is 2. The van der Waals surface area contributed by atoms with E-state index >= 15 is 0 Å². The number of hydrogen-bond acceptors (Lipinski definition) is 4. The fourth-order valence-electron chi connectivity index (χ4n) is 4.82. The van der Waals surface area contributed by atoms with E-state index < -0.39 is 17.8 Å². The first-order valence-electron chi connectivity index (χ1n) is 9.44. The first-order valence-corrected chi connectivity index (χ1v) is 10.3. The van der Waals surface area contributed by atoms with Gasteiger partial charge in [0.2, 0.25) is 5.91 Å². The van der Waals surface area contributed by atoms with E-state index in [4.69, 9.17) is 0 Å². The number of benzene rings is 1. The van der Waals surface area contributed by atoms with Crippen molar-refractivity contribution in [2.24, 2.45) is 23.7 Å². The Bertz CT molecular complexity index is 920. The van der Waals surface area contributed by atoms with Crippen LogP contribution in [0.5, 0.6) is 0 Å². The number of carboxylic acids is 1. The highest BCUT2D eigenvalue weighted by molar-refractivity contribution is 7.16. The second kappa shape index (κ2) is 6.75. The van der Waals surface area contributed by atoms with Crippen LogP contribution < -0.4 is 5.32 Å². The van der Waals surface area contributed by atoms with E-state index in [1.54, 1.807) is 0 Å². The number of nitrogens with one attached hydrogen (secondary N) is 1. The molecule has 142 valence electrons. The molecule has 1 aromatic carbocycles. The van der Waals surface area contributed by atoms with Crippen molar-refractivity contribution in [2.45, 2.75) is 40.0 Å². The zero-order chi connectivity index (χ0) is 19.3. The summed E-state index contributed by atoms with van der Waals surface area (Å²) in [6.45, 7) is 6.15. The van der Waals surface area contributed by atoms with Gasteiger partial charge in [0.25, 0.3) is 0 Å². The Kier molecular flexibility index (Phi) is 4.54. The SMILES string of the molecule is Cc1ccc(-c2nc(NC(=O)[C@@H]3[C@@H]4CC[C@@H](C4)[C@@H]3C(=O)O)sc2C)cc1C. The number of aliphatic carboxylic acids is 1. The third kappa shape index (κ3) is 3.16. The van der Waals surface area contributed by atoms with Crippen LogP contribution in [-0.2, 0) is 9.59 Å². The summed E-state index contributed by atoms with van der Waals surface area (Å²) in [6.07, 6.45) is 2.75. The summed E-state index contributed by atoms with van der Waals surface area (Å²) in [5.74, 6) is -1.67. The lowest BCUT2D eigenvalue weighted by atomic mass is 9.79.